The number of nitriles is 1. The Hall–Kier alpha value is -1.93. The van der Waals surface area contributed by atoms with E-state index in [0.717, 1.165) is 0 Å². The molecular weight excluding hydrogens is 268 g/mol. The fourth-order valence-electron chi connectivity index (χ4n) is 1.71. The van der Waals surface area contributed by atoms with E-state index in [1.165, 1.54) is 14.2 Å². The molecule has 1 aromatic carbocycles. The van der Waals surface area contributed by atoms with E-state index < -0.39 is 5.41 Å². The number of carbonyl (C=O) groups excluding carboxylic acids is 1. The second kappa shape index (κ2) is 4.98. The van der Waals surface area contributed by atoms with Crippen molar-refractivity contribution >= 4 is 23.2 Å². The van der Waals surface area contributed by atoms with Crippen LogP contribution in [0.5, 0.6) is 11.5 Å². The quantitative estimate of drug-likeness (QED) is 0.920. The van der Waals surface area contributed by atoms with Gasteiger partial charge in [0.05, 0.1) is 31.0 Å². The zero-order valence-electron chi connectivity index (χ0n) is 10.6. The molecule has 2 rings (SSSR count). The first-order valence-corrected chi connectivity index (χ1v) is 6.08. The van der Waals surface area contributed by atoms with Gasteiger partial charge in [-0.15, -0.1) is 0 Å². The van der Waals surface area contributed by atoms with Crippen LogP contribution in [0.4, 0.5) is 5.69 Å². The van der Waals surface area contributed by atoms with Gasteiger partial charge in [-0.25, -0.2) is 0 Å². The minimum absolute atomic E-state index is 0.325. The van der Waals surface area contributed by atoms with Crippen LogP contribution in [0.1, 0.15) is 12.8 Å². The van der Waals surface area contributed by atoms with E-state index in [9.17, 15) is 4.79 Å². The summed E-state index contributed by atoms with van der Waals surface area (Å²) in [5.74, 6) is 0.566. The standard InChI is InChI=1S/C13H13ClN2O3/c1-18-10-6-11(19-2)9(5-8(10)14)16-12(17)13(7-15)3-4-13/h5-6H,3-4H2,1-2H3,(H,16,17). The fraction of sp³-hybridized carbons (Fsp3) is 0.385. The summed E-state index contributed by atoms with van der Waals surface area (Å²) in [6.07, 6.45) is 1.17. The van der Waals surface area contributed by atoms with Crippen LogP contribution in [0.2, 0.25) is 5.02 Å². The zero-order valence-corrected chi connectivity index (χ0v) is 11.4. The van der Waals surface area contributed by atoms with Crippen molar-refractivity contribution < 1.29 is 14.3 Å². The minimum atomic E-state index is -0.891. The van der Waals surface area contributed by atoms with Crippen LogP contribution in [-0.4, -0.2) is 20.1 Å². The van der Waals surface area contributed by atoms with Crippen LogP contribution >= 0.6 is 11.6 Å². The summed E-state index contributed by atoms with van der Waals surface area (Å²) in [5.41, 5.74) is -0.461. The Kier molecular flexibility index (Phi) is 3.54. The lowest BCUT2D eigenvalue weighted by atomic mass is 10.1. The molecule has 5 nitrogen and oxygen atoms in total. The molecule has 0 radical (unpaired) electrons. The van der Waals surface area contributed by atoms with Crippen molar-refractivity contribution in [2.75, 3.05) is 19.5 Å². The molecule has 19 heavy (non-hydrogen) atoms. The molecule has 1 saturated carbocycles. The predicted molar refractivity (Wildman–Crippen MR) is 70.5 cm³/mol. The van der Waals surface area contributed by atoms with Crippen LogP contribution in [-0.2, 0) is 4.79 Å². The molecule has 0 unspecified atom stereocenters. The molecule has 1 amide bonds. The molecule has 100 valence electrons. The van der Waals surface area contributed by atoms with Gasteiger partial charge in [0, 0.05) is 6.07 Å². The van der Waals surface area contributed by atoms with Crippen molar-refractivity contribution in [1.82, 2.24) is 0 Å². The number of ether oxygens (including phenoxy) is 2. The maximum Gasteiger partial charge on any atom is 0.244 e. The first-order chi connectivity index (χ1) is 9.06. The minimum Gasteiger partial charge on any atom is -0.495 e. The smallest absolute Gasteiger partial charge is 0.244 e. The predicted octanol–water partition coefficient (Wildman–Crippen LogP) is 2.60. The van der Waals surface area contributed by atoms with Crippen molar-refractivity contribution in [3.63, 3.8) is 0 Å². The Morgan fingerprint density at radius 2 is 2.00 bits per heavy atom. The maximum absolute atomic E-state index is 12.0. The molecule has 0 aliphatic heterocycles. The van der Waals surface area contributed by atoms with E-state index in [1.54, 1.807) is 12.1 Å². The summed E-state index contributed by atoms with van der Waals surface area (Å²) in [6, 6.07) is 5.17. The SMILES string of the molecule is COc1cc(OC)c(NC(=O)C2(C#N)CC2)cc1Cl. The highest BCUT2D eigenvalue weighted by Gasteiger charge is 2.50. The van der Waals surface area contributed by atoms with E-state index in [-0.39, 0.29) is 5.91 Å². The van der Waals surface area contributed by atoms with Gasteiger partial charge in [0.15, 0.2) is 0 Å². The molecule has 0 spiro atoms. The van der Waals surface area contributed by atoms with Crippen molar-refractivity contribution in [2.45, 2.75) is 12.8 Å². The van der Waals surface area contributed by atoms with Crippen molar-refractivity contribution in [1.29, 1.82) is 5.26 Å². The molecule has 1 N–H and O–H groups in total. The molecule has 0 aromatic heterocycles. The summed E-state index contributed by atoms with van der Waals surface area (Å²) < 4.78 is 10.2. The number of hydrogen-bond acceptors (Lipinski definition) is 4. The van der Waals surface area contributed by atoms with Crippen molar-refractivity contribution in [2.24, 2.45) is 5.41 Å². The van der Waals surface area contributed by atoms with Gasteiger partial charge in [-0.05, 0) is 18.9 Å². The third-order valence-corrected chi connectivity index (χ3v) is 3.42. The Balaban J connectivity index is 2.28. The summed E-state index contributed by atoms with van der Waals surface area (Å²) >= 11 is 6.01. The molecule has 1 aromatic rings. The van der Waals surface area contributed by atoms with E-state index >= 15 is 0 Å². The summed E-state index contributed by atoms with van der Waals surface area (Å²) in [5, 5.41) is 12.0. The zero-order chi connectivity index (χ0) is 14.0. The molecule has 0 saturated heterocycles. The molecule has 1 fully saturated rings. The summed E-state index contributed by atoms with van der Waals surface area (Å²) in [7, 11) is 2.98. The number of benzene rings is 1. The number of methoxy groups -OCH3 is 2. The lowest BCUT2D eigenvalue weighted by Gasteiger charge is -2.14. The largest absolute Gasteiger partial charge is 0.495 e. The highest BCUT2D eigenvalue weighted by atomic mass is 35.5. The lowest BCUT2D eigenvalue weighted by Crippen LogP contribution is -2.23. The number of amides is 1. The number of nitrogens with zero attached hydrogens (tertiary/aromatic N) is 1. The monoisotopic (exact) mass is 280 g/mol. The van der Waals surface area contributed by atoms with E-state index in [1.807, 2.05) is 6.07 Å². The Morgan fingerprint density at radius 3 is 2.47 bits per heavy atom. The first kappa shape index (κ1) is 13.5. The van der Waals surface area contributed by atoms with Gasteiger partial charge in [0.1, 0.15) is 16.9 Å². The normalized spacial score (nSPS) is 15.3. The molecule has 0 bridgehead atoms. The number of halogens is 1. The molecule has 1 aliphatic carbocycles. The fourth-order valence-corrected chi connectivity index (χ4v) is 1.96. The van der Waals surface area contributed by atoms with Gasteiger partial charge in [-0.2, -0.15) is 5.26 Å². The van der Waals surface area contributed by atoms with Crippen LogP contribution in [0.15, 0.2) is 12.1 Å². The van der Waals surface area contributed by atoms with E-state index in [2.05, 4.69) is 5.32 Å². The van der Waals surface area contributed by atoms with Gasteiger partial charge in [-0.1, -0.05) is 11.6 Å². The third kappa shape index (κ3) is 2.45. The van der Waals surface area contributed by atoms with Crippen molar-refractivity contribution in [3.8, 4) is 17.6 Å². The van der Waals surface area contributed by atoms with Crippen LogP contribution in [0.3, 0.4) is 0 Å². The lowest BCUT2D eigenvalue weighted by molar-refractivity contribution is -0.119. The molecule has 0 heterocycles. The third-order valence-electron chi connectivity index (χ3n) is 3.12. The van der Waals surface area contributed by atoms with Crippen LogP contribution < -0.4 is 14.8 Å². The number of rotatable bonds is 4. The maximum atomic E-state index is 12.0. The van der Waals surface area contributed by atoms with Gasteiger partial charge < -0.3 is 14.8 Å². The van der Waals surface area contributed by atoms with Crippen molar-refractivity contribution in [3.05, 3.63) is 17.2 Å². The highest BCUT2D eigenvalue weighted by molar-refractivity contribution is 6.32. The van der Waals surface area contributed by atoms with E-state index in [0.29, 0.717) is 35.1 Å². The average Bonchev–Trinajstić information content (AvgIpc) is 3.20. The van der Waals surface area contributed by atoms with Crippen LogP contribution in [0, 0.1) is 16.7 Å². The number of anilines is 1. The van der Waals surface area contributed by atoms with Gasteiger partial charge in [0.25, 0.3) is 0 Å². The second-order valence-corrected chi connectivity index (χ2v) is 4.74. The first-order valence-electron chi connectivity index (χ1n) is 5.70. The number of hydrogen-bond donors (Lipinski definition) is 1. The van der Waals surface area contributed by atoms with Gasteiger partial charge in [-0.3, -0.25) is 4.79 Å². The molecule has 6 heteroatoms. The highest BCUT2D eigenvalue weighted by Crippen LogP contribution is 2.46. The van der Waals surface area contributed by atoms with Crippen LogP contribution in [0.25, 0.3) is 0 Å². The molecule has 0 atom stereocenters. The van der Waals surface area contributed by atoms with Gasteiger partial charge >= 0.3 is 0 Å². The summed E-state index contributed by atoms with van der Waals surface area (Å²) in [4.78, 5) is 12.0. The van der Waals surface area contributed by atoms with Gasteiger partial charge in [0.2, 0.25) is 5.91 Å². The molecule has 1 aliphatic rings. The second-order valence-electron chi connectivity index (χ2n) is 4.34. The van der Waals surface area contributed by atoms with E-state index in [4.69, 9.17) is 26.3 Å². The number of carbonyl (C=O) groups is 1. The average molecular weight is 281 g/mol. The Labute approximate surface area is 116 Å². The Bertz CT molecular complexity index is 562. The number of nitrogens with one attached hydrogen (secondary N) is 1. The summed E-state index contributed by atoms with van der Waals surface area (Å²) in [6.45, 7) is 0. The topological polar surface area (TPSA) is 71.3 Å². The Morgan fingerprint density at radius 1 is 1.37 bits per heavy atom. The molecular formula is C13H13ClN2O3.